The predicted molar refractivity (Wildman–Crippen MR) is 107 cm³/mol. The third kappa shape index (κ3) is 4.93. The highest BCUT2D eigenvalue weighted by Crippen LogP contribution is 2.32. The Balaban J connectivity index is 2.21. The van der Waals surface area contributed by atoms with Gasteiger partial charge >= 0.3 is 0 Å². The number of halogens is 2. The van der Waals surface area contributed by atoms with Crippen molar-refractivity contribution >= 4 is 44.8 Å². The van der Waals surface area contributed by atoms with Gasteiger partial charge in [-0.15, -0.1) is 0 Å². The van der Waals surface area contributed by atoms with Crippen LogP contribution in [0.2, 0.25) is 10.0 Å². The first kappa shape index (κ1) is 21.5. The molecular weight excluding hydrogens is 411 g/mol. The Bertz CT molecular complexity index is 962. The van der Waals surface area contributed by atoms with E-state index in [1.807, 2.05) is 0 Å². The van der Waals surface area contributed by atoms with Crippen LogP contribution in [-0.4, -0.2) is 38.8 Å². The number of amides is 1. The van der Waals surface area contributed by atoms with E-state index in [2.05, 4.69) is 5.32 Å². The zero-order valence-corrected chi connectivity index (χ0v) is 17.6. The fourth-order valence-electron chi connectivity index (χ4n) is 2.16. The summed E-state index contributed by atoms with van der Waals surface area (Å²) in [6, 6.07) is 9.42. The van der Waals surface area contributed by atoms with E-state index in [1.165, 1.54) is 26.2 Å². The molecule has 2 aromatic rings. The molecule has 2 aromatic carbocycles. The number of hydrogen-bond donors (Lipinski definition) is 1. The number of aryl methyl sites for hydroxylation is 1. The van der Waals surface area contributed by atoms with Crippen LogP contribution < -0.4 is 10.1 Å². The normalized spacial score (nSPS) is 12.7. The van der Waals surface area contributed by atoms with E-state index in [1.54, 1.807) is 38.1 Å². The largest absolute Gasteiger partial charge is 0.479 e. The number of benzene rings is 2. The molecule has 1 atom stereocenters. The maximum absolute atomic E-state index is 12.5. The quantitative estimate of drug-likeness (QED) is 0.752. The van der Waals surface area contributed by atoms with Gasteiger partial charge in [0.05, 0.1) is 9.92 Å². The molecule has 0 fully saturated rings. The summed E-state index contributed by atoms with van der Waals surface area (Å²) in [6.45, 7) is 3.32. The Labute approximate surface area is 169 Å². The van der Waals surface area contributed by atoms with Crippen molar-refractivity contribution in [3.63, 3.8) is 0 Å². The first-order valence-electron chi connectivity index (χ1n) is 7.98. The maximum Gasteiger partial charge on any atom is 0.265 e. The summed E-state index contributed by atoms with van der Waals surface area (Å²) in [4.78, 5) is 12.6. The van der Waals surface area contributed by atoms with Crippen molar-refractivity contribution in [3.8, 4) is 5.75 Å². The second-order valence-corrected chi connectivity index (χ2v) is 9.00. The first-order chi connectivity index (χ1) is 12.5. The average molecular weight is 431 g/mol. The molecule has 0 aromatic heterocycles. The van der Waals surface area contributed by atoms with E-state index in [0.717, 1.165) is 4.31 Å². The molecule has 6 nitrogen and oxygen atoms in total. The number of carbonyl (C=O) groups is 1. The molecule has 0 aliphatic carbocycles. The van der Waals surface area contributed by atoms with Gasteiger partial charge < -0.3 is 10.1 Å². The smallest absolute Gasteiger partial charge is 0.265 e. The zero-order chi connectivity index (χ0) is 20.4. The molecule has 0 radical (unpaired) electrons. The third-order valence-corrected chi connectivity index (χ3v) is 6.45. The van der Waals surface area contributed by atoms with Gasteiger partial charge in [0.1, 0.15) is 10.8 Å². The third-order valence-electron chi connectivity index (χ3n) is 3.83. The van der Waals surface area contributed by atoms with Crippen LogP contribution in [0.25, 0.3) is 0 Å². The minimum absolute atomic E-state index is 0.0832. The van der Waals surface area contributed by atoms with Gasteiger partial charge in [-0.05, 0) is 43.7 Å². The molecule has 0 bridgehead atoms. The summed E-state index contributed by atoms with van der Waals surface area (Å²) in [7, 11) is -0.727. The maximum atomic E-state index is 12.5. The highest BCUT2D eigenvalue weighted by atomic mass is 35.5. The fourth-order valence-corrected chi connectivity index (χ4v) is 3.43. The van der Waals surface area contributed by atoms with E-state index in [4.69, 9.17) is 27.9 Å². The van der Waals surface area contributed by atoms with Crippen LogP contribution in [0.1, 0.15) is 12.5 Å². The molecule has 0 spiro atoms. The summed E-state index contributed by atoms with van der Waals surface area (Å²) < 4.78 is 31.3. The van der Waals surface area contributed by atoms with E-state index < -0.39 is 22.0 Å². The molecule has 0 saturated heterocycles. The summed E-state index contributed by atoms with van der Waals surface area (Å²) in [5.41, 5.74) is 1.10. The lowest BCUT2D eigenvalue weighted by Gasteiger charge is -2.18. The van der Waals surface area contributed by atoms with Gasteiger partial charge in [0.25, 0.3) is 5.91 Å². The number of rotatable bonds is 6. The van der Waals surface area contributed by atoms with Crippen LogP contribution in [0.5, 0.6) is 5.75 Å². The topological polar surface area (TPSA) is 75.7 Å². The molecule has 0 aliphatic heterocycles. The summed E-state index contributed by atoms with van der Waals surface area (Å²) in [5, 5.41) is 3.23. The number of ether oxygens (including phenoxy) is 1. The molecule has 9 heteroatoms. The van der Waals surface area contributed by atoms with E-state index in [-0.39, 0.29) is 15.7 Å². The van der Waals surface area contributed by atoms with Crippen LogP contribution in [-0.2, 0) is 14.8 Å². The molecule has 146 valence electrons. The van der Waals surface area contributed by atoms with Gasteiger partial charge in [-0.25, -0.2) is 12.7 Å². The van der Waals surface area contributed by atoms with Crippen LogP contribution in [0.15, 0.2) is 41.3 Å². The monoisotopic (exact) mass is 430 g/mol. The molecule has 1 N–H and O–H groups in total. The minimum atomic E-state index is -3.61. The van der Waals surface area contributed by atoms with Gasteiger partial charge in [0.15, 0.2) is 6.10 Å². The van der Waals surface area contributed by atoms with Crippen molar-refractivity contribution in [2.24, 2.45) is 0 Å². The lowest BCUT2D eigenvalue weighted by molar-refractivity contribution is -0.122. The second-order valence-electron chi connectivity index (χ2n) is 6.07. The number of nitrogens with one attached hydrogen (secondary N) is 1. The van der Waals surface area contributed by atoms with Gasteiger partial charge in [-0.1, -0.05) is 35.3 Å². The van der Waals surface area contributed by atoms with Gasteiger partial charge in [-0.3, -0.25) is 4.79 Å². The van der Waals surface area contributed by atoms with Crippen molar-refractivity contribution in [2.45, 2.75) is 24.8 Å². The van der Waals surface area contributed by atoms with Gasteiger partial charge in [0, 0.05) is 19.8 Å². The number of carbonyl (C=O) groups excluding carboxylic acids is 1. The molecule has 0 heterocycles. The lowest BCUT2D eigenvalue weighted by Crippen LogP contribution is -2.30. The van der Waals surface area contributed by atoms with Gasteiger partial charge in [-0.2, -0.15) is 0 Å². The fraction of sp³-hybridized carbons (Fsp3) is 0.278. The Morgan fingerprint density at radius 3 is 2.48 bits per heavy atom. The summed E-state index contributed by atoms with van der Waals surface area (Å²) in [5.74, 6) is -0.166. The van der Waals surface area contributed by atoms with Crippen LogP contribution >= 0.6 is 23.2 Å². The van der Waals surface area contributed by atoms with Crippen molar-refractivity contribution in [1.29, 1.82) is 0 Å². The second kappa shape index (κ2) is 8.48. The predicted octanol–water partition coefficient (Wildman–Crippen LogP) is 3.96. The van der Waals surface area contributed by atoms with Gasteiger partial charge in [0.2, 0.25) is 10.0 Å². The van der Waals surface area contributed by atoms with E-state index in [9.17, 15) is 13.2 Å². The molecule has 0 aliphatic rings. The molecular formula is C18H20Cl2N2O4S. The Morgan fingerprint density at radius 2 is 1.85 bits per heavy atom. The number of hydrogen-bond acceptors (Lipinski definition) is 4. The highest BCUT2D eigenvalue weighted by molar-refractivity contribution is 7.89. The van der Waals surface area contributed by atoms with Crippen molar-refractivity contribution in [3.05, 3.63) is 52.0 Å². The SMILES string of the molecule is Cc1ccc(S(=O)(=O)N(C)C)cc1NC(=O)C(C)Oc1cccc(Cl)c1Cl. The standard InChI is InChI=1S/C18H20Cl2N2O4S/c1-11-8-9-13(27(24,25)22(3)4)10-15(11)21-18(23)12(2)26-16-7-5-6-14(19)17(16)20/h5-10,12H,1-4H3,(H,21,23). The number of nitrogens with zero attached hydrogens (tertiary/aromatic N) is 1. The van der Waals surface area contributed by atoms with Crippen molar-refractivity contribution < 1.29 is 17.9 Å². The summed E-state index contributed by atoms with van der Waals surface area (Å²) in [6.07, 6.45) is -0.880. The molecule has 1 unspecified atom stereocenters. The van der Waals surface area contributed by atoms with Crippen LogP contribution in [0, 0.1) is 6.92 Å². The molecule has 1 amide bonds. The van der Waals surface area contributed by atoms with Crippen LogP contribution in [0.3, 0.4) is 0 Å². The molecule has 2 rings (SSSR count). The Morgan fingerprint density at radius 1 is 1.19 bits per heavy atom. The Kier molecular flexibility index (Phi) is 6.75. The number of anilines is 1. The highest BCUT2D eigenvalue weighted by Gasteiger charge is 2.21. The van der Waals surface area contributed by atoms with Crippen LogP contribution in [0.4, 0.5) is 5.69 Å². The Hall–Kier alpha value is -1.80. The zero-order valence-electron chi connectivity index (χ0n) is 15.3. The molecule has 27 heavy (non-hydrogen) atoms. The minimum Gasteiger partial charge on any atom is -0.479 e. The van der Waals surface area contributed by atoms with Crippen molar-refractivity contribution in [1.82, 2.24) is 4.31 Å². The molecule has 0 saturated carbocycles. The van der Waals surface area contributed by atoms with Crippen molar-refractivity contribution in [2.75, 3.05) is 19.4 Å². The van der Waals surface area contributed by atoms with E-state index >= 15 is 0 Å². The van der Waals surface area contributed by atoms with E-state index in [0.29, 0.717) is 16.3 Å². The number of sulfonamides is 1. The lowest BCUT2D eigenvalue weighted by atomic mass is 10.2. The first-order valence-corrected chi connectivity index (χ1v) is 10.2. The summed E-state index contributed by atoms with van der Waals surface area (Å²) >= 11 is 12.0. The average Bonchev–Trinajstić information content (AvgIpc) is 2.60.